The Morgan fingerprint density at radius 2 is 1.87 bits per heavy atom. The second-order valence-electron chi connectivity index (χ2n) is 7.18. The molecule has 4 rings (SSSR count). The van der Waals surface area contributed by atoms with Gasteiger partial charge >= 0.3 is 5.97 Å². The summed E-state index contributed by atoms with van der Waals surface area (Å²) in [7, 11) is 3.21. The quantitative estimate of drug-likeness (QED) is 0.336. The number of carbonyl (C=O) groups is 1. The number of aryl methyl sites for hydroxylation is 1. The number of alkyl halides is 1. The first-order valence-electron chi connectivity index (χ1n) is 10.0. The van der Waals surface area contributed by atoms with E-state index in [4.69, 9.17) is 37.4 Å². The molecule has 0 fully saturated rings. The van der Waals surface area contributed by atoms with Crippen LogP contribution in [0.25, 0.3) is 22.4 Å². The molecule has 31 heavy (non-hydrogen) atoms. The van der Waals surface area contributed by atoms with Gasteiger partial charge in [-0.3, -0.25) is 0 Å². The van der Waals surface area contributed by atoms with Gasteiger partial charge in [-0.15, -0.1) is 11.6 Å². The summed E-state index contributed by atoms with van der Waals surface area (Å²) in [5.41, 5.74) is 5.71. The van der Waals surface area contributed by atoms with Gasteiger partial charge in [-0.25, -0.2) is 4.79 Å². The van der Waals surface area contributed by atoms with Gasteiger partial charge in [0, 0.05) is 28.4 Å². The van der Waals surface area contributed by atoms with Crippen LogP contribution in [0.2, 0.25) is 5.02 Å². The fourth-order valence-corrected chi connectivity index (χ4v) is 4.74. The van der Waals surface area contributed by atoms with Crippen LogP contribution in [0.5, 0.6) is 11.5 Å². The predicted molar refractivity (Wildman–Crippen MR) is 123 cm³/mol. The highest BCUT2D eigenvalue weighted by molar-refractivity contribution is 6.31. The molecule has 2 heterocycles. The maximum Gasteiger partial charge on any atom is 0.340 e. The number of esters is 1. The zero-order valence-corrected chi connectivity index (χ0v) is 19.1. The van der Waals surface area contributed by atoms with Crippen molar-refractivity contribution in [3.63, 3.8) is 0 Å². The van der Waals surface area contributed by atoms with Gasteiger partial charge in [0.2, 0.25) is 0 Å². The van der Waals surface area contributed by atoms with E-state index in [1.807, 2.05) is 30.3 Å². The Morgan fingerprint density at radius 1 is 1.13 bits per heavy atom. The summed E-state index contributed by atoms with van der Waals surface area (Å²) in [6.45, 7) is 2.75. The summed E-state index contributed by atoms with van der Waals surface area (Å²) in [6, 6.07) is 11.3. The lowest BCUT2D eigenvalue weighted by atomic mass is 9.93. The van der Waals surface area contributed by atoms with Gasteiger partial charge in [-0.1, -0.05) is 23.7 Å². The smallest absolute Gasteiger partial charge is 0.340 e. The lowest BCUT2D eigenvalue weighted by Crippen LogP contribution is -2.15. The average molecular weight is 460 g/mol. The minimum atomic E-state index is -0.389. The topological polar surface area (TPSA) is 49.7 Å². The van der Waals surface area contributed by atoms with Gasteiger partial charge in [0.1, 0.15) is 0 Å². The Bertz CT molecular complexity index is 1150. The zero-order valence-electron chi connectivity index (χ0n) is 17.6. The highest BCUT2D eigenvalue weighted by atomic mass is 35.5. The number of aromatic nitrogens is 1. The molecule has 0 saturated heterocycles. The first-order valence-corrected chi connectivity index (χ1v) is 10.9. The number of benzene rings is 2. The molecule has 0 amide bonds. The fraction of sp³-hybridized carbons (Fsp3) is 0.292. The molecule has 0 aliphatic carbocycles. The maximum absolute atomic E-state index is 13.2. The van der Waals surface area contributed by atoms with Crippen LogP contribution in [0.1, 0.15) is 28.5 Å². The van der Waals surface area contributed by atoms with E-state index >= 15 is 0 Å². The number of ether oxygens (including phenoxy) is 3. The van der Waals surface area contributed by atoms with E-state index in [0.717, 1.165) is 40.1 Å². The molecule has 0 saturated carbocycles. The molecule has 5 nitrogen and oxygen atoms in total. The minimum Gasteiger partial charge on any atom is -0.493 e. The third-order valence-electron chi connectivity index (χ3n) is 5.56. The van der Waals surface area contributed by atoms with Crippen molar-refractivity contribution in [3.05, 3.63) is 58.2 Å². The molecule has 3 aromatic rings. The fourth-order valence-electron chi connectivity index (χ4n) is 4.27. The van der Waals surface area contributed by atoms with E-state index in [-0.39, 0.29) is 18.5 Å². The van der Waals surface area contributed by atoms with Crippen LogP contribution in [-0.4, -0.2) is 31.4 Å². The number of hydrogen-bond donors (Lipinski definition) is 0. The van der Waals surface area contributed by atoms with E-state index < -0.39 is 0 Å². The molecule has 0 atom stereocenters. The van der Waals surface area contributed by atoms with Crippen molar-refractivity contribution in [2.45, 2.75) is 25.8 Å². The molecule has 1 aliphatic heterocycles. The highest BCUT2D eigenvalue weighted by Gasteiger charge is 2.33. The molecule has 162 valence electrons. The van der Waals surface area contributed by atoms with Gasteiger partial charge in [-0.2, -0.15) is 0 Å². The second-order valence-corrected chi connectivity index (χ2v) is 7.88. The van der Waals surface area contributed by atoms with Crippen LogP contribution in [0.3, 0.4) is 0 Å². The van der Waals surface area contributed by atoms with E-state index in [9.17, 15) is 4.79 Å². The van der Waals surface area contributed by atoms with Crippen molar-refractivity contribution in [1.82, 2.24) is 4.57 Å². The van der Waals surface area contributed by atoms with Crippen molar-refractivity contribution in [1.29, 1.82) is 0 Å². The summed E-state index contributed by atoms with van der Waals surface area (Å²) < 4.78 is 18.6. The summed E-state index contributed by atoms with van der Waals surface area (Å²) >= 11 is 12.7. The summed E-state index contributed by atoms with van der Waals surface area (Å²) in [5.74, 6) is 1.12. The lowest BCUT2D eigenvalue weighted by molar-refractivity contribution is 0.0528. The van der Waals surface area contributed by atoms with E-state index in [1.54, 1.807) is 27.2 Å². The van der Waals surface area contributed by atoms with E-state index in [0.29, 0.717) is 28.6 Å². The van der Waals surface area contributed by atoms with Gasteiger partial charge in [-0.05, 0) is 48.7 Å². The van der Waals surface area contributed by atoms with Crippen LogP contribution in [-0.2, 0) is 23.6 Å². The number of hydrogen-bond acceptors (Lipinski definition) is 4. The Labute approximate surface area is 191 Å². The lowest BCUT2D eigenvalue weighted by Gasteiger charge is -2.23. The van der Waals surface area contributed by atoms with Crippen molar-refractivity contribution in [2.75, 3.05) is 20.8 Å². The van der Waals surface area contributed by atoms with Crippen LogP contribution < -0.4 is 9.47 Å². The molecule has 0 bridgehead atoms. The third-order valence-corrected chi connectivity index (χ3v) is 6.05. The van der Waals surface area contributed by atoms with Gasteiger partial charge < -0.3 is 18.8 Å². The van der Waals surface area contributed by atoms with Crippen LogP contribution >= 0.6 is 23.2 Å². The largest absolute Gasteiger partial charge is 0.493 e. The molecule has 7 heteroatoms. The van der Waals surface area contributed by atoms with Crippen molar-refractivity contribution in [2.24, 2.45) is 0 Å². The number of carbonyl (C=O) groups excluding carboxylic acids is 1. The second kappa shape index (κ2) is 8.85. The van der Waals surface area contributed by atoms with Crippen LogP contribution in [0, 0.1) is 0 Å². The molecule has 1 aromatic heterocycles. The molecule has 0 spiro atoms. The summed E-state index contributed by atoms with van der Waals surface area (Å²) in [5, 5.41) is 0.587. The van der Waals surface area contributed by atoms with Crippen LogP contribution in [0.15, 0.2) is 36.4 Å². The number of halogens is 2. The monoisotopic (exact) mass is 459 g/mol. The number of rotatable bonds is 6. The van der Waals surface area contributed by atoms with Gasteiger partial charge in [0.05, 0.1) is 38.0 Å². The number of nitrogens with zero attached hydrogens (tertiary/aromatic N) is 1. The predicted octanol–water partition coefficient (Wildman–Crippen LogP) is 5.96. The first kappa shape index (κ1) is 21.6. The molecular formula is C24H23Cl2NO4. The number of fused-ring (bicyclic) bond motifs is 3. The summed E-state index contributed by atoms with van der Waals surface area (Å²) in [4.78, 5) is 13.2. The van der Waals surface area contributed by atoms with Gasteiger partial charge in [0.15, 0.2) is 11.5 Å². The van der Waals surface area contributed by atoms with Crippen molar-refractivity contribution >= 4 is 29.2 Å². The Hall–Kier alpha value is -2.63. The normalized spacial score (nSPS) is 12.2. The van der Waals surface area contributed by atoms with Crippen molar-refractivity contribution in [3.8, 4) is 33.9 Å². The SMILES string of the molecule is CCOC(=O)c1c(-c2cccc(Cl)c2)c(CCl)n2c1-c1cc(OC)c(OC)cc1CC2. The molecule has 0 radical (unpaired) electrons. The molecule has 1 aliphatic rings. The van der Waals surface area contributed by atoms with E-state index in [2.05, 4.69) is 4.57 Å². The highest BCUT2D eigenvalue weighted by Crippen LogP contribution is 2.46. The van der Waals surface area contributed by atoms with Crippen molar-refractivity contribution < 1.29 is 19.0 Å². The molecule has 0 N–H and O–H groups in total. The minimum absolute atomic E-state index is 0.247. The van der Waals surface area contributed by atoms with E-state index in [1.165, 1.54) is 0 Å². The van der Waals surface area contributed by atoms with Crippen LogP contribution in [0.4, 0.5) is 0 Å². The standard InChI is InChI=1S/C24H23Cl2NO4/c1-4-31-24(28)22-21(15-6-5-7-16(26)10-15)18(13-25)27-9-8-14-11-19(29-2)20(30-3)12-17(14)23(22)27/h5-7,10-12H,4,8-9,13H2,1-3H3. The molecule has 2 aromatic carbocycles. The Morgan fingerprint density at radius 3 is 2.52 bits per heavy atom. The first-order chi connectivity index (χ1) is 15.0. The molecule has 0 unspecified atom stereocenters. The average Bonchev–Trinajstić information content (AvgIpc) is 3.13. The summed E-state index contributed by atoms with van der Waals surface area (Å²) in [6.07, 6.45) is 0.776. The third kappa shape index (κ3) is 3.66. The Kier molecular flexibility index (Phi) is 6.17. The van der Waals surface area contributed by atoms with Gasteiger partial charge in [0.25, 0.3) is 0 Å². The zero-order chi connectivity index (χ0) is 22.1. The molecular weight excluding hydrogens is 437 g/mol. The number of methoxy groups -OCH3 is 2. The maximum atomic E-state index is 13.2. The Balaban J connectivity index is 2.08.